The van der Waals surface area contributed by atoms with Crippen LogP contribution in [0.4, 0.5) is 0 Å². The van der Waals surface area contributed by atoms with Crippen LogP contribution in [0.25, 0.3) is 0 Å². The zero-order valence-corrected chi connectivity index (χ0v) is 18.2. The van der Waals surface area contributed by atoms with Gasteiger partial charge in [0.05, 0.1) is 12.5 Å². The summed E-state index contributed by atoms with van der Waals surface area (Å²) in [6.45, 7) is 3.82. The van der Waals surface area contributed by atoms with Gasteiger partial charge >= 0.3 is 5.97 Å². The number of primary amides is 2. The molecule has 4 atom stereocenters. The third kappa shape index (κ3) is 8.88. The molecule has 1 rings (SSSR count). The Bertz CT molecular complexity index is 736. The first-order valence-electron chi connectivity index (χ1n) is 10.4. The van der Waals surface area contributed by atoms with Crippen LogP contribution in [-0.4, -0.2) is 71.3 Å². The van der Waals surface area contributed by atoms with Gasteiger partial charge in [0, 0.05) is 6.42 Å². The van der Waals surface area contributed by atoms with Crippen LogP contribution in [0.1, 0.15) is 46.0 Å². The molecule has 1 fully saturated rings. The fourth-order valence-electron chi connectivity index (χ4n) is 3.19. The lowest BCUT2D eigenvalue weighted by Gasteiger charge is -2.25. The Morgan fingerprint density at radius 1 is 0.969 bits per heavy atom. The predicted octanol–water partition coefficient (Wildman–Crippen LogP) is -2.93. The van der Waals surface area contributed by atoms with Crippen molar-refractivity contribution < 1.29 is 33.9 Å². The number of aliphatic carboxylic acids is 1. The van der Waals surface area contributed by atoms with E-state index < -0.39 is 72.0 Å². The van der Waals surface area contributed by atoms with Crippen LogP contribution in [0.3, 0.4) is 0 Å². The molecule has 0 saturated carbocycles. The molecule has 13 nitrogen and oxygen atoms in total. The van der Waals surface area contributed by atoms with Crippen LogP contribution in [0.15, 0.2) is 0 Å². The van der Waals surface area contributed by atoms with Crippen molar-refractivity contribution in [2.75, 3.05) is 6.54 Å². The van der Waals surface area contributed by atoms with Gasteiger partial charge in [-0.1, -0.05) is 13.8 Å². The van der Waals surface area contributed by atoms with Crippen molar-refractivity contribution in [1.82, 2.24) is 21.3 Å². The first-order chi connectivity index (χ1) is 14.9. The average molecular weight is 457 g/mol. The highest BCUT2D eigenvalue weighted by atomic mass is 16.4. The number of carbonyl (C=O) groups is 6. The van der Waals surface area contributed by atoms with Crippen molar-refractivity contribution in [3.8, 4) is 0 Å². The smallest absolute Gasteiger partial charge is 0.326 e. The molecule has 1 saturated heterocycles. The molecule has 0 spiro atoms. The summed E-state index contributed by atoms with van der Waals surface area (Å²) < 4.78 is 0. The van der Waals surface area contributed by atoms with E-state index in [1.54, 1.807) is 13.8 Å². The number of hydrogen-bond acceptors (Lipinski definition) is 7. The minimum absolute atomic E-state index is 0.210. The second kappa shape index (κ2) is 12.6. The van der Waals surface area contributed by atoms with Gasteiger partial charge in [-0.3, -0.25) is 24.0 Å². The fourth-order valence-corrected chi connectivity index (χ4v) is 3.19. The Kier molecular flexibility index (Phi) is 10.5. The van der Waals surface area contributed by atoms with Crippen molar-refractivity contribution in [1.29, 1.82) is 0 Å². The Hall–Kier alpha value is -3.22. The summed E-state index contributed by atoms with van der Waals surface area (Å²) in [5.74, 6) is -5.52. The molecule has 0 aromatic heterocycles. The lowest BCUT2D eigenvalue weighted by Crippen LogP contribution is -2.58. The minimum Gasteiger partial charge on any atom is -0.480 e. The minimum atomic E-state index is -1.35. The number of rotatable bonds is 13. The van der Waals surface area contributed by atoms with Crippen LogP contribution in [0.5, 0.6) is 0 Å². The van der Waals surface area contributed by atoms with E-state index in [4.69, 9.17) is 11.5 Å². The number of nitrogens with one attached hydrogen (secondary N) is 4. The van der Waals surface area contributed by atoms with Gasteiger partial charge in [0.2, 0.25) is 29.5 Å². The lowest BCUT2D eigenvalue weighted by atomic mass is 10.0. The Balaban J connectivity index is 2.96. The molecule has 0 aliphatic carbocycles. The average Bonchev–Trinajstić information content (AvgIpc) is 3.22. The maximum absolute atomic E-state index is 12.8. The lowest BCUT2D eigenvalue weighted by molar-refractivity contribution is -0.143. The first kappa shape index (κ1) is 26.8. The fraction of sp³-hybridized carbons (Fsp3) is 0.684. The van der Waals surface area contributed by atoms with Gasteiger partial charge in [-0.15, -0.1) is 0 Å². The highest BCUT2D eigenvalue weighted by Crippen LogP contribution is 2.08. The van der Waals surface area contributed by atoms with Gasteiger partial charge in [0.15, 0.2) is 0 Å². The molecular formula is C19H32N6O7. The summed E-state index contributed by atoms with van der Waals surface area (Å²) in [5.41, 5.74) is 10.3. The van der Waals surface area contributed by atoms with Crippen LogP contribution >= 0.6 is 0 Å². The Labute approximate surface area is 185 Å². The van der Waals surface area contributed by atoms with Crippen LogP contribution in [0, 0.1) is 5.92 Å². The Morgan fingerprint density at radius 2 is 1.59 bits per heavy atom. The van der Waals surface area contributed by atoms with Crippen molar-refractivity contribution in [3.63, 3.8) is 0 Å². The van der Waals surface area contributed by atoms with E-state index in [1.807, 2.05) is 0 Å². The van der Waals surface area contributed by atoms with E-state index in [-0.39, 0.29) is 12.8 Å². The number of carbonyl (C=O) groups excluding carboxylic acids is 5. The summed E-state index contributed by atoms with van der Waals surface area (Å²) in [4.78, 5) is 71.8. The highest BCUT2D eigenvalue weighted by Gasteiger charge is 2.32. The van der Waals surface area contributed by atoms with E-state index in [1.165, 1.54) is 0 Å². The third-order valence-electron chi connectivity index (χ3n) is 4.96. The van der Waals surface area contributed by atoms with Crippen LogP contribution in [-0.2, 0) is 28.8 Å². The molecule has 1 aliphatic rings. The molecule has 13 heteroatoms. The molecule has 9 N–H and O–H groups in total. The first-order valence-corrected chi connectivity index (χ1v) is 10.4. The second-order valence-corrected chi connectivity index (χ2v) is 8.02. The van der Waals surface area contributed by atoms with Gasteiger partial charge in [-0.2, -0.15) is 0 Å². The highest BCUT2D eigenvalue weighted by molar-refractivity contribution is 5.96. The van der Waals surface area contributed by atoms with Crippen molar-refractivity contribution in [2.24, 2.45) is 17.4 Å². The van der Waals surface area contributed by atoms with Gasteiger partial charge < -0.3 is 37.8 Å². The van der Waals surface area contributed by atoms with Gasteiger partial charge in [0.25, 0.3) is 0 Å². The molecule has 180 valence electrons. The SMILES string of the molecule is CC(C)C(NC(=O)C(CCC(N)=O)NC(=O)C(CC(N)=O)NC(=O)C1CCCN1)C(=O)O. The van der Waals surface area contributed by atoms with Gasteiger partial charge in [0.1, 0.15) is 18.1 Å². The van der Waals surface area contributed by atoms with Gasteiger partial charge in [-0.25, -0.2) is 4.79 Å². The van der Waals surface area contributed by atoms with Crippen LogP contribution in [0.2, 0.25) is 0 Å². The number of carboxylic acids is 1. The normalized spacial score (nSPS) is 18.3. The van der Waals surface area contributed by atoms with E-state index in [0.717, 1.165) is 6.42 Å². The predicted molar refractivity (Wildman–Crippen MR) is 112 cm³/mol. The molecule has 0 radical (unpaired) electrons. The maximum atomic E-state index is 12.8. The molecule has 1 aliphatic heterocycles. The summed E-state index contributed by atoms with van der Waals surface area (Å²) in [7, 11) is 0. The number of amides is 5. The monoisotopic (exact) mass is 456 g/mol. The maximum Gasteiger partial charge on any atom is 0.326 e. The quantitative estimate of drug-likeness (QED) is 0.152. The molecule has 0 aromatic rings. The molecule has 5 amide bonds. The van der Waals surface area contributed by atoms with Crippen molar-refractivity contribution >= 4 is 35.5 Å². The van der Waals surface area contributed by atoms with Crippen molar-refractivity contribution in [3.05, 3.63) is 0 Å². The summed E-state index contributed by atoms with van der Waals surface area (Å²) in [6, 6.07) is -4.43. The van der Waals surface area contributed by atoms with E-state index >= 15 is 0 Å². The molecule has 4 unspecified atom stereocenters. The molecule has 0 bridgehead atoms. The summed E-state index contributed by atoms with van der Waals surface area (Å²) in [5, 5.41) is 19.4. The van der Waals surface area contributed by atoms with Crippen molar-refractivity contribution in [2.45, 2.75) is 70.1 Å². The van der Waals surface area contributed by atoms with E-state index in [9.17, 15) is 33.9 Å². The van der Waals surface area contributed by atoms with E-state index in [2.05, 4.69) is 21.3 Å². The number of nitrogens with two attached hydrogens (primary N) is 2. The number of carboxylic acid groups (broad SMARTS) is 1. The summed E-state index contributed by atoms with van der Waals surface area (Å²) >= 11 is 0. The van der Waals surface area contributed by atoms with E-state index in [0.29, 0.717) is 13.0 Å². The molecular weight excluding hydrogens is 424 g/mol. The largest absolute Gasteiger partial charge is 0.480 e. The molecule has 1 heterocycles. The molecule has 0 aromatic carbocycles. The van der Waals surface area contributed by atoms with Gasteiger partial charge in [-0.05, 0) is 31.7 Å². The Morgan fingerprint density at radius 3 is 2.06 bits per heavy atom. The van der Waals surface area contributed by atoms with Crippen LogP contribution < -0.4 is 32.7 Å². The topological polar surface area (TPSA) is 223 Å². The standard InChI is InChI=1S/C19H32N6O7/c1-9(2)15(19(31)32)25-17(29)11(5-6-13(20)26)23-18(30)12(8-14(21)27)24-16(28)10-4-3-7-22-10/h9-12,15,22H,3-8H2,1-2H3,(H2,20,26)(H2,21,27)(H,23,30)(H,24,28)(H,25,29)(H,31,32). The number of hydrogen-bond donors (Lipinski definition) is 7. The third-order valence-corrected chi connectivity index (χ3v) is 4.96. The summed E-state index contributed by atoms with van der Waals surface area (Å²) in [6.07, 6.45) is 0.348. The zero-order chi connectivity index (χ0) is 24.4. The molecule has 32 heavy (non-hydrogen) atoms. The second-order valence-electron chi connectivity index (χ2n) is 8.02. The zero-order valence-electron chi connectivity index (χ0n) is 18.2.